The summed E-state index contributed by atoms with van der Waals surface area (Å²) in [5.41, 5.74) is 0. The Morgan fingerprint density at radius 1 is 1.15 bits per heavy atom. The van der Waals surface area contributed by atoms with Gasteiger partial charge in [-0.2, -0.15) is 0 Å². The zero-order valence-corrected chi connectivity index (χ0v) is 13.1. The topological polar surface area (TPSA) is 41.6 Å². The van der Waals surface area contributed by atoms with E-state index >= 15 is 0 Å². The molecular weight excluding hydrogens is 252 g/mol. The molecule has 0 heterocycles. The molecule has 0 radical (unpaired) electrons. The monoisotopic (exact) mass is 282 g/mol. The van der Waals surface area contributed by atoms with Crippen LogP contribution in [-0.2, 0) is 9.53 Å². The molecule has 4 nitrogen and oxygen atoms in total. The second-order valence-electron chi connectivity index (χ2n) is 6.28. The van der Waals surface area contributed by atoms with E-state index in [9.17, 15) is 4.79 Å². The van der Waals surface area contributed by atoms with Crippen molar-refractivity contribution in [2.75, 3.05) is 26.8 Å². The Balaban J connectivity index is 1.79. The van der Waals surface area contributed by atoms with Gasteiger partial charge in [0.05, 0.1) is 13.2 Å². The van der Waals surface area contributed by atoms with Gasteiger partial charge < -0.3 is 15.0 Å². The Morgan fingerprint density at radius 3 is 2.25 bits per heavy atom. The fourth-order valence-corrected chi connectivity index (χ4v) is 3.35. The Morgan fingerprint density at radius 2 is 1.75 bits per heavy atom. The molecule has 0 aromatic heterocycles. The SMILES string of the molecule is CCC1CCC(N(C(=O)CNCCOC)C2CC2)CC1. The molecule has 1 N–H and O–H groups in total. The van der Waals surface area contributed by atoms with E-state index in [4.69, 9.17) is 4.74 Å². The molecule has 0 aliphatic heterocycles. The number of carbonyl (C=O) groups excluding carboxylic acids is 1. The zero-order chi connectivity index (χ0) is 14.4. The maximum absolute atomic E-state index is 12.5. The van der Waals surface area contributed by atoms with Gasteiger partial charge in [0.1, 0.15) is 0 Å². The average molecular weight is 282 g/mol. The van der Waals surface area contributed by atoms with Crippen LogP contribution in [0.1, 0.15) is 51.9 Å². The van der Waals surface area contributed by atoms with Crippen molar-refractivity contribution in [1.82, 2.24) is 10.2 Å². The third-order valence-electron chi connectivity index (χ3n) is 4.77. The highest BCUT2D eigenvalue weighted by Crippen LogP contribution is 2.36. The van der Waals surface area contributed by atoms with Crippen molar-refractivity contribution in [3.8, 4) is 0 Å². The highest BCUT2D eigenvalue weighted by molar-refractivity contribution is 5.79. The van der Waals surface area contributed by atoms with Gasteiger partial charge in [-0.3, -0.25) is 4.79 Å². The lowest BCUT2D eigenvalue weighted by molar-refractivity contribution is -0.134. The fraction of sp³-hybridized carbons (Fsp3) is 0.938. The van der Waals surface area contributed by atoms with E-state index < -0.39 is 0 Å². The predicted molar refractivity (Wildman–Crippen MR) is 80.7 cm³/mol. The number of hydrogen-bond acceptors (Lipinski definition) is 3. The Kier molecular flexibility index (Phi) is 6.30. The van der Waals surface area contributed by atoms with Gasteiger partial charge in [0.25, 0.3) is 0 Å². The van der Waals surface area contributed by atoms with E-state index in [1.54, 1.807) is 7.11 Å². The molecule has 2 saturated carbocycles. The molecule has 116 valence electrons. The van der Waals surface area contributed by atoms with Crippen LogP contribution in [0.15, 0.2) is 0 Å². The molecule has 0 spiro atoms. The van der Waals surface area contributed by atoms with Gasteiger partial charge in [-0.25, -0.2) is 0 Å². The summed E-state index contributed by atoms with van der Waals surface area (Å²) >= 11 is 0. The quantitative estimate of drug-likeness (QED) is 0.694. The van der Waals surface area contributed by atoms with Crippen molar-refractivity contribution < 1.29 is 9.53 Å². The van der Waals surface area contributed by atoms with E-state index in [2.05, 4.69) is 17.1 Å². The average Bonchev–Trinajstić information content (AvgIpc) is 3.29. The second-order valence-corrected chi connectivity index (χ2v) is 6.28. The summed E-state index contributed by atoms with van der Waals surface area (Å²) < 4.78 is 5.00. The van der Waals surface area contributed by atoms with Gasteiger partial charge in [0, 0.05) is 25.7 Å². The number of carbonyl (C=O) groups is 1. The van der Waals surface area contributed by atoms with Crippen molar-refractivity contribution >= 4 is 5.91 Å². The largest absolute Gasteiger partial charge is 0.383 e. The molecule has 0 atom stereocenters. The standard InChI is InChI=1S/C16H30N2O2/c1-3-13-4-6-14(7-5-13)18(15-8-9-15)16(19)12-17-10-11-20-2/h13-15,17H,3-12H2,1-2H3. The second kappa shape index (κ2) is 7.99. The third-order valence-corrected chi connectivity index (χ3v) is 4.77. The lowest BCUT2D eigenvalue weighted by atomic mass is 9.84. The molecule has 0 bridgehead atoms. The zero-order valence-electron chi connectivity index (χ0n) is 13.1. The molecular formula is C16H30N2O2. The van der Waals surface area contributed by atoms with Crippen LogP contribution in [-0.4, -0.2) is 49.7 Å². The van der Waals surface area contributed by atoms with Crippen molar-refractivity contribution in [3.05, 3.63) is 0 Å². The highest BCUT2D eigenvalue weighted by atomic mass is 16.5. The van der Waals surface area contributed by atoms with Crippen LogP contribution in [0.4, 0.5) is 0 Å². The van der Waals surface area contributed by atoms with E-state index in [-0.39, 0.29) is 0 Å². The fourth-order valence-electron chi connectivity index (χ4n) is 3.35. The minimum atomic E-state index is 0.295. The first-order chi connectivity index (χ1) is 9.76. The molecule has 0 aromatic carbocycles. The summed E-state index contributed by atoms with van der Waals surface area (Å²) in [5, 5.41) is 3.19. The van der Waals surface area contributed by atoms with Crippen LogP contribution in [0.5, 0.6) is 0 Å². The van der Waals surface area contributed by atoms with Crippen molar-refractivity contribution in [2.24, 2.45) is 5.92 Å². The number of nitrogens with zero attached hydrogens (tertiary/aromatic N) is 1. The Labute approximate surface area is 123 Å². The minimum Gasteiger partial charge on any atom is -0.383 e. The molecule has 2 fully saturated rings. The van der Waals surface area contributed by atoms with Gasteiger partial charge in [0.2, 0.25) is 5.91 Å². The number of methoxy groups -OCH3 is 1. The first-order valence-corrected chi connectivity index (χ1v) is 8.27. The number of amides is 1. The van der Waals surface area contributed by atoms with E-state index in [0.717, 1.165) is 12.5 Å². The van der Waals surface area contributed by atoms with Crippen LogP contribution < -0.4 is 5.32 Å². The summed E-state index contributed by atoms with van der Waals surface area (Å²) in [7, 11) is 1.69. The first kappa shape index (κ1) is 15.8. The maximum Gasteiger partial charge on any atom is 0.237 e. The van der Waals surface area contributed by atoms with Crippen LogP contribution in [0.3, 0.4) is 0 Å². The van der Waals surface area contributed by atoms with Crippen LogP contribution >= 0.6 is 0 Å². The van der Waals surface area contributed by atoms with Gasteiger partial charge in [-0.15, -0.1) is 0 Å². The highest BCUT2D eigenvalue weighted by Gasteiger charge is 2.38. The number of hydrogen-bond donors (Lipinski definition) is 1. The molecule has 0 saturated heterocycles. The molecule has 2 rings (SSSR count). The third kappa shape index (κ3) is 4.45. The van der Waals surface area contributed by atoms with Gasteiger partial charge in [-0.1, -0.05) is 13.3 Å². The molecule has 20 heavy (non-hydrogen) atoms. The van der Waals surface area contributed by atoms with Crippen molar-refractivity contribution in [2.45, 2.75) is 64.0 Å². The summed E-state index contributed by atoms with van der Waals surface area (Å²) in [6, 6.07) is 1.04. The van der Waals surface area contributed by atoms with Gasteiger partial charge in [0.15, 0.2) is 0 Å². The summed E-state index contributed by atoms with van der Waals surface area (Å²) in [6.45, 7) is 4.17. The van der Waals surface area contributed by atoms with Gasteiger partial charge >= 0.3 is 0 Å². The molecule has 4 heteroatoms. The predicted octanol–water partition coefficient (Wildman–Crippen LogP) is 2.18. The van der Waals surface area contributed by atoms with E-state index in [1.165, 1.54) is 44.9 Å². The number of rotatable bonds is 8. The molecule has 2 aliphatic rings. The molecule has 1 amide bonds. The van der Waals surface area contributed by atoms with Gasteiger partial charge in [-0.05, 0) is 44.4 Å². The maximum atomic E-state index is 12.5. The molecule has 0 unspecified atom stereocenters. The van der Waals surface area contributed by atoms with Crippen molar-refractivity contribution in [3.63, 3.8) is 0 Å². The summed E-state index contributed by atoms with van der Waals surface area (Å²) in [5.74, 6) is 1.19. The molecule has 2 aliphatic carbocycles. The summed E-state index contributed by atoms with van der Waals surface area (Å²) in [6.07, 6.45) is 8.72. The Bertz CT molecular complexity index is 297. The van der Waals surface area contributed by atoms with Crippen LogP contribution in [0.25, 0.3) is 0 Å². The lowest BCUT2D eigenvalue weighted by Crippen LogP contribution is -2.47. The van der Waals surface area contributed by atoms with E-state index in [0.29, 0.717) is 31.1 Å². The number of ether oxygens (including phenoxy) is 1. The smallest absolute Gasteiger partial charge is 0.237 e. The number of nitrogens with one attached hydrogen (secondary N) is 1. The normalized spacial score (nSPS) is 26.5. The first-order valence-electron chi connectivity index (χ1n) is 8.27. The Hall–Kier alpha value is -0.610. The van der Waals surface area contributed by atoms with Crippen LogP contribution in [0.2, 0.25) is 0 Å². The summed E-state index contributed by atoms with van der Waals surface area (Å²) in [4.78, 5) is 14.7. The lowest BCUT2D eigenvalue weighted by Gasteiger charge is -2.37. The minimum absolute atomic E-state index is 0.295. The van der Waals surface area contributed by atoms with Crippen LogP contribution in [0, 0.1) is 5.92 Å². The molecule has 0 aromatic rings. The van der Waals surface area contributed by atoms with Crippen molar-refractivity contribution in [1.29, 1.82) is 0 Å². The van der Waals surface area contributed by atoms with E-state index in [1.807, 2.05) is 0 Å².